The first-order valence-corrected chi connectivity index (χ1v) is 8.14. The summed E-state index contributed by atoms with van der Waals surface area (Å²) in [5.74, 6) is 3.81. The van der Waals surface area contributed by atoms with E-state index in [0.717, 1.165) is 21.9 Å². The van der Waals surface area contributed by atoms with E-state index >= 15 is 0 Å². The van der Waals surface area contributed by atoms with Crippen LogP contribution >= 0.6 is 23.4 Å². The van der Waals surface area contributed by atoms with Crippen LogP contribution < -0.4 is 4.74 Å². The lowest BCUT2D eigenvalue weighted by Gasteiger charge is -2.06. The van der Waals surface area contributed by atoms with Gasteiger partial charge in [0.25, 0.3) is 0 Å². The zero-order valence-electron chi connectivity index (χ0n) is 12.8. The largest absolute Gasteiger partial charge is 0.496 e. The van der Waals surface area contributed by atoms with E-state index in [2.05, 4.69) is 11.2 Å². The molecule has 0 aliphatic carbocycles. The van der Waals surface area contributed by atoms with Gasteiger partial charge in [0.1, 0.15) is 11.3 Å². The Hall–Kier alpha value is -2.09. The van der Waals surface area contributed by atoms with E-state index in [0.29, 0.717) is 11.3 Å². The van der Waals surface area contributed by atoms with Gasteiger partial charge >= 0.3 is 5.97 Å². The lowest BCUT2D eigenvalue weighted by molar-refractivity contribution is 0.0597. The van der Waals surface area contributed by atoms with Crippen LogP contribution in [-0.4, -0.2) is 20.2 Å². The van der Waals surface area contributed by atoms with Gasteiger partial charge in [-0.1, -0.05) is 41.4 Å². The van der Waals surface area contributed by atoms with E-state index < -0.39 is 5.97 Å². The Kier molecular flexibility index (Phi) is 6.40. The number of ether oxygens (including phenoxy) is 2. The predicted octanol–water partition coefficient (Wildman–Crippen LogP) is 4.38. The summed E-state index contributed by atoms with van der Waals surface area (Å²) in [6.07, 6.45) is 0. The van der Waals surface area contributed by atoms with Gasteiger partial charge in [0.15, 0.2) is 0 Å². The Morgan fingerprint density at radius 2 is 1.91 bits per heavy atom. The molecule has 2 aromatic rings. The number of halogens is 1. The highest BCUT2D eigenvalue weighted by Crippen LogP contribution is 2.21. The monoisotopic (exact) mass is 346 g/mol. The van der Waals surface area contributed by atoms with E-state index in [1.54, 1.807) is 18.2 Å². The van der Waals surface area contributed by atoms with Crippen LogP contribution in [0.1, 0.15) is 21.5 Å². The number of esters is 1. The van der Waals surface area contributed by atoms with Crippen LogP contribution in [0.15, 0.2) is 42.5 Å². The van der Waals surface area contributed by atoms with Gasteiger partial charge < -0.3 is 9.47 Å². The van der Waals surface area contributed by atoms with Crippen molar-refractivity contribution in [2.75, 3.05) is 14.2 Å². The Balaban J connectivity index is 2.05. The molecule has 0 saturated carbocycles. The first kappa shape index (κ1) is 17.3. The predicted molar refractivity (Wildman–Crippen MR) is 94.0 cm³/mol. The molecular weight excluding hydrogens is 332 g/mol. The lowest BCUT2D eigenvalue weighted by Crippen LogP contribution is -2.04. The fraction of sp³-hybridized carbons (Fsp3) is 0.167. The fourth-order valence-corrected chi connectivity index (χ4v) is 2.60. The molecular formula is C18H15ClO3S. The van der Waals surface area contributed by atoms with Crippen molar-refractivity contribution in [3.8, 4) is 16.9 Å². The number of carbonyl (C=O) groups is 1. The van der Waals surface area contributed by atoms with Crippen molar-refractivity contribution in [3.05, 3.63) is 64.2 Å². The van der Waals surface area contributed by atoms with Gasteiger partial charge in [-0.25, -0.2) is 4.79 Å². The molecule has 0 atom stereocenters. The first-order chi connectivity index (χ1) is 11.1. The molecule has 0 radical (unpaired) electrons. The fourth-order valence-electron chi connectivity index (χ4n) is 1.85. The molecule has 0 saturated heterocycles. The van der Waals surface area contributed by atoms with Gasteiger partial charge in [-0.15, -0.1) is 0 Å². The van der Waals surface area contributed by atoms with Gasteiger partial charge in [0, 0.05) is 16.3 Å². The van der Waals surface area contributed by atoms with Gasteiger partial charge in [0.05, 0.1) is 14.2 Å². The summed E-state index contributed by atoms with van der Waals surface area (Å²) < 4.78 is 9.90. The minimum Gasteiger partial charge on any atom is -0.496 e. The van der Waals surface area contributed by atoms with Crippen LogP contribution in [0, 0.1) is 11.2 Å². The van der Waals surface area contributed by atoms with Crippen molar-refractivity contribution in [3.63, 3.8) is 0 Å². The van der Waals surface area contributed by atoms with Crippen LogP contribution in [0.2, 0.25) is 5.02 Å². The molecule has 118 valence electrons. The molecule has 0 aromatic heterocycles. The quantitative estimate of drug-likeness (QED) is 0.608. The van der Waals surface area contributed by atoms with Gasteiger partial charge in [-0.2, -0.15) is 0 Å². The number of benzene rings is 2. The summed E-state index contributed by atoms with van der Waals surface area (Å²) in [6, 6.07) is 12.8. The summed E-state index contributed by atoms with van der Waals surface area (Å²) in [5, 5.41) is 3.75. The van der Waals surface area contributed by atoms with E-state index in [4.69, 9.17) is 21.1 Å². The topological polar surface area (TPSA) is 35.5 Å². The second-order valence-corrected chi connectivity index (χ2v) is 5.77. The van der Waals surface area contributed by atoms with Gasteiger partial charge in [0.2, 0.25) is 0 Å². The van der Waals surface area contributed by atoms with Crippen molar-refractivity contribution < 1.29 is 14.3 Å². The van der Waals surface area contributed by atoms with E-state index in [-0.39, 0.29) is 0 Å². The molecule has 0 aliphatic rings. The maximum atomic E-state index is 11.7. The number of methoxy groups -OCH3 is 2. The van der Waals surface area contributed by atoms with Crippen LogP contribution in [-0.2, 0) is 10.5 Å². The Bertz CT molecular complexity index is 745. The summed E-state index contributed by atoms with van der Waals surface area (Å²) in [6.45, 7) is 0. The standard InChI is InChI=1S/C18H15ClO3S/c1-21-17-8-5-13(11-16(17)18(20)22-2)9-10-23-12-14-3-6-15(19)7-4-14/h3-8,11H,12H2,1-2H3. The molecule has 3 nitrogen and oxygen atoms in total. The highest BCUT2D eigenvalue weighted by molar-refractivity contribution is 8.03. The molecule has 5 heteroatoms. The third kappa shape index (κ3) is 4.95. The number of hydrogen-bond donors (Lipinski definition) is 0. The molecule has 23 heavy (non-hydrogen) atoms. The Morgan fingerprint density at radius 3 is 2.57 bits per heavy atom. The molecule has 0 N–H and O–H groups in total. The molecule has 2 rings (SSSR count). The van der Waals surface area contributed by atoms with E-state index in [1.807, 2.05) is 24.3 Å². The summed E-state index contributed by atoms with van der Waals surface area (Å²) in [7, 11) is 2.84. The number of hydrogen-bond acceptors (Lipinski definition) is 4. The van der Waals surface area contributed by atoms with Crippen molar-refractivity contribution in [2.24, 2.45) is 0 Å². The minimum absolute atomic E-state index is 0.365. The molecule has 0 aliphatic heterocycles. The summed E-state index contributed by atoms with van der Waals surface area (Å²) in [5.41, 5.74) is 2.25. The molecule has 0 spiro atoms. The second-order valence-electron chi connectivity index (χ2n) is 4.55. The average Bonchev–Trinajstić information content (AvgIpc) is 2.59. The third-order valence-electron chi connectivity index (χ3n) is 3.02. The molecule has 0 heterocycles. The average molecular weight is 347 g/mol. The first-order valence-electron chi connectivity index (χ1n) is 6.77. The molecule has 0 bridgehead atoms. The van der Waals surface area contributed by atoms with Crippen molar-refractivity contribution in [1.82, 2.24) is 0 Å². The highest BCUT2D eigenvalue weighted by atomic mass is 35.5. The molecule has 0 amide bonds. The molecule has 0 fully saturated rings. The van der Waals surface area contributed by atoms with Crippen LogP contribution in [0.4, 0.5) is 0 Å². The normalized spacial score (nSPS) is 9.70. The van der Waals surface area contributed by atoms with Crippen LogP contribution in [0.25, 0.3) is 0 Å². The number of thioether (sulfide) groups is 1. The smallest absolute Gasteiger partial charge is 0.341 e. The Morgan fingerprint density at radius 1 is 1.17 bits per heavy atom. The maximum Gasteiger partial charge on any atom is 0.341 e. The Labute approximate surface area is 144 Å². The second kappa shape index (κ2) is 8.52. The maximum absolute atomic E-state index is 11.7. The van der Waals surface area contributed by atoms with E-state index in [9.17, 15) is 4.79 Å². The summed E-state index contributed by atoms with van der Waals surface area (Å²) >= 11 is 7.33. The van der Waals surface area contributed by atoms with Crippen molar-refractivity contribution >= 4 is 29.3 Å². The number of carbonyl (C=O) groups excluding carboxylic acids is 1. The van der Waals surface area contributed by atoms with Crippen LogP contribution in [0.3, 0.4) is 0 Å². The zero-order valence-corrected chi connectivity index (χ0v) is 14.3. The van der Waals surface area contributed by atoms with Crippen molar-refractivity contribution in [2.45, 2.75) is 5.75 Å². The molecule has 2 aromatic carbocycles. The zero-order chi connectivity index (χ0) is 16.7. The third-order valence-corrected chi connectivity index (χ3v) is 4.00. The SMILES string of the molecule is COC(=O)c1cc(C#CSCc2ccc(Cl)cc2)ccc1OC. The van der Waals surface area contributed by atoms with Crippen molar-refractivity contribution in [1.29, 1.82) is 0 Å². The van der Waals surface area contributed by atoms with Crippen LogP contribution in [0.5, 0.6) is 5.75 Å². The minimum atomic E-state index is -0.445. The highest BCUT2D eigenvalue weighted by Gasteiger charge is 2.12. The van der Waals surface area contributed by atoms with E-state index in [1.165, 1.54) is 26.0 Å². The number of rotatable bonds is 4. The summed E-state index contributed by atoms with van der Waals surface area (Å²) in [4.78, 5) is 11.7. The molecule has 0 unspecified atom stereocenters. The van der Waals surface area contributed by atoms with Gasteiger partial charge in [-0.05, 0) is 41.1 Å². The van der Waals surface area contributed by atoms with Gasteiger partial charge in [-0.3, -0.25) is 0 Å². The lowest BCUT2D eigenvalue weighted by atomic mass is 10.1.